The van der Waals surface area contributed by atoms with Crippen LogP contribution in [0.3, 0.4) is 0 Å². The first kappa shape index (κ1) is 26.2. The summed E-state index contributed by atoms with van der Waals surface area (Å²) >= 11 is 0. The molecule has 8 nitrogen and oxygen atoms in total. The van der Waals surface area contributed by atoms with Crippen molar-refractivity contribution in [1.82, 2.24) is 9.21 Å². The van der Waals surface area contributed by atoms with Gasteiger partial charge in [-0.05, 0) is 75.7 Å². The molecule has 1 atom stereocenters. The molecule has 1 N–H and O–H groups in total. The van der Waals surface area contributed by atoms with E-state index in [-0.39, 0.29) is 10.8 Å². The number of ether oxygens (including phenoxy) is 2. The van der Waals surface area contributed by atoms with Crippen molar-refractivity contribution in [2.45, 2.75) is 38.6 Å². The lowest BCUT2D eigenvalue weighted by Gasteiger charge is -2.27. The second-order valence-electron chi connectivity index (χ2n) is 8.81. The molecule has 1 fully saturated rings. The van der Waals surface area contributed by atoms with E-state index in [9.17, 15) is 13.2 Å². The number of morpholine rings is 1. The van der Waals surface area contributed by atoms with E-state index < -0.39 is 16.1 Å². The number of likely N-dealkylation sites (N-methyl/N-ethyl adjacent to an activating group) is 1. The van der Waals surface area contributed by atoms with Crippen LogP contribution in [0.4, 0.5) is 5.69 Å². The maximum absolute atomic E-state index is 13.1. The first-order chi connectivity index (χ1) is 16.1. The second-order valence-corrected chi connectivity index (χ2v) is 10.7. The number of sulfonamides is 1. The van der Waals surface area contributed by atoms with E-state index in [4.69, 9.17) is 9.47 Å². The number of aryl methyl sites for hydroxylation is 3. The summed E-state index contributed by atoms with van der Waals surface area (Å²) in [6.45, 7) is 10.0. The van der Waals surface area contributed by atoms with Crippen molar-refractivity contribution in [2.75, 3.05) is 51.8 Å². The summed E-state index contributed by atoms with van der Waals surface area (Å²) in [6, 6.07) is 10.6. The Kier molecular flexibility index (Phi) is 8.70. The number of carbonyl (C=O) groups excluding carboxylic acids is 1. The fourth-order valence-electron chi connectivity index (χ4n) is 3.85. The van der Waals surface area contributed by atoms with Crippen LogP contribution in [0.2, 0.25) is 0 Å². The molecule has 0 aliphatic carbocycles. The van der Waals surface area contributed by atoms with Gasteiger partial charge in [0.25, 0.3) is 0 Å². The van der Waals surface area contributed by atoms with Crippen LogP contribution in [-0.2, 0) is 19.6 Å². The molecule has 2 aromatic rings. The van der Waals surface area contributed by atoms with Gasteiger partial charge in [0.1, 0.15) is 12.4 Å². The van der Waals surface area contributed by atoms with E-state index in [1.165, 1.54) is 10.4 Å². The molecular weight excluding hydrogens is 454 g/mol. The van der Waals surface area contributed by atoms with Crippen LogP contribution in [0.5, 0.6) is 5.75 Å². The molecule has 0 radical (unpaired) electrons. The molecule has 1 heterocycles. The molecular formula is C25H35N3O5S. The number of rotatable bonds is 9. The number of benzene rings is 2. The van der Waals surface area contributed by atoms with Crippen LogP contribution in [0.1, 0.15) is 23.6 Å². The molecule has 2 aromatic carbocycles. The quantitative estimate of drug-likeness (QED) is 0.583. The highest BCUT2D eigenvalue weighted by Gasteiger charge is 2.28. The largest absolute Gasteiger partial charge is 0.492 e. The number of nitrogens with one attached hydrogen (secondary N) is 1. The average molecular weight is 490 g/mol. The topological polar surface area (TPSA) is 88.2 Å². The third-order valence-electron chi connectivity index (χ3n) is 5.99. The maximum Gasteiger partial charge on any atom is 0.243 e. The van der Waals surface area contributed by atoms with Crippen molar-refractivity contribution in [1.29, 1.82) is 0 Å². The summed E-state index contributed by atoms with van der Waals surface area (Å²) in [5.41, 5.74) is 3.38. The van der Waals surface area contributed by atoms with E-state index in [2.05, 4.69) is 11.4 Å². The van der Waals surface area contributed by atoms with Crippen LogP contribution in [-0.4, -0.2) is 76.1 Å². The molecule has 0 bridgehead atoms. The molecule has 0 saturated carbocycles. The summed E-state index contributed by atoms with van der Waals surface area (Å²) in [5, 5.41) is 2.86. The lowest BCUT2D eigenvalue weighted by molar-refractivity contribution is -0.120. The van der Waals surface area contributed by atoms with Gasteiger partial charge >= 0.3 is 0 Å². The summed E-state index contributed by atoms with van der Waals surface area (Å²) in [7, 11) is -1.80. The van der Waals surface area contributed by atoms with E-state index in [1.807, 2.05) is 44.9 Å². The molecule has 0 aromatic heterocycles. The number of amides is 1. The van der Waals surface area contributed by atoms with Gasteiger partial charge in [0.2, 0.25) is 15.9 Å². The van der Waals surface area contributed by atoms with Gasteiger partial charge < -0.3 is 14.8 Å². The zero-order chi connectivity index (χ0) is 24.9. The molecule has 34 heavy (non-hydrogen) atoms. The minimum absolute atomic E-state index is 0.204. The fraction of sp³-hybridized carbons (Fsp3) is 0.480. The predicted octanol–water partition coefficient (Wildman–Crippen LogP) is 2.97. The Morgan fingerprint density at radius 2 is 1.76 bits per heavy atom. The molecule has 1 amide bonds. The van der Waals surface area contributed by atoms with Gasteiger partial charge in [-0.3, -0.25) is 9.69 Å². The van der Waals surface area contributed by atoms with E-state index in [0.29, 0.717) is 50.7 Å². The van der Waals surface area contributed by atoms with E-state index in [0.717, 1.165) is 16.9 Å². The first-order valence-corrected chi connectivity index (χ1v) is 12.9. The van der Waals surface area contributed by atoms with Crippen LogP contribution >= 0.6 is 0 Å². The second kappa shape index (κ2) is 11.3. The normalized spacial score (nSPS) is 15.8. The molecule has 0 spiro atoms. The van der Waals surface area contributed by atoms with Crippen LogP contribution < -0.4 is 10.1 Å². The average Bonchev–Trinajstić information content (AvgIpc) is 2.79. The maximum atomic E-state index is 13.1. The molecule has 186 valence electrons. The highest BCUT2D eigenvalue weighted by Crippen LogP contribution is 2.24. The summed E-state index contributed by atoms with van der Waals surface area (Å²) in [6.07, 6.45) is 0. The molecule has 3 rings (SSSR count). The highest BCUT2D eigenvalue weighted by molar-refractivity contribution is 7.89. The predicted molar refractivity (Wildman–Crippen MR) is 133 cm³/mol. The van der Waals surface area contributed by atoms with Gasteiger partial charge in [0, 0.05) is 25.3 Å². The third-order valence-corrected chi connectivity index (χ3v) is 8.03. The minimum Gasteiger partial charge on any atom is -0.492 e. The standard InChI is InChI=1S/C25H35N3O5S/c1-18-14-19(2)16-23(15-18)33-13-8-27(5)21(4)25(29)26-22-7-6-20(3)24(17-22)34(30,31)28-9-11-32-12-10-28/h6-7,14-17,21H,8-13H2,1-5H3,(H,26,29)/t21-/m0/s1. The molecule has 0 unspecified atom stereocenters. The molecule has 1 saturated heterocycles. The number of nitrogens with zero attached hydrogens (tertiary/aromatic N) is 2. The number of carbonyl (C=O) groups is 1. The SMILES string of the molecule is Cc1cc(C)cc(OCCN(C)[C@@H](C)C(=O)Nc2ccc(C)c(S(=O)(=O)N3CCOCC3)c2)c1. The monoisotopic (exact) mass is 489 g/mol. The number of anilines is 1. The molecule has 1 aliphatic heterocycles. The van der Waals surface area contributed by atoms with Gasteiger partial charge in [-0.15, -0.1) is 0 Å². The van der Waals surface area contributed by atoms with Gasteiger partial charge in [-0.1, -0.05) is 12.1 Å². The Morgan fingerprint density at radius 1 is 1.12 bits per heavy atom. The highest BCUT2D eigenvalue weighted by atomic mass is 32.2. The summed E-state index contributed by atoms with van der Waals surface area (Å²) in [4.78, 5) is 15.0. The van der Waals surface area contributed by atoms with Crippen LogP contribution in [0, 0.1) is 20.8 Å². The smallest absolute Gasteiger partial charge is 0.243 e. The van der Waals surface area contributed by atoms with Gasteiger partial charge in [0.15, 0.2) is 0 Å². The zero-order valence-electron chi connectivity index (χ0n) is 20.6. The van der Waals surface area contributed by atoms with Crippen LogP contribution in [0.25, 0.3) is 0 Å². The Hall–Kier alpha value is -2.46. The number of hydrogen-bond acceptors (Lipinski definition) is 6. The lowest BCUT2D eigenvalue weighted by Crippen LogP contribution is -2.41. The Balaban J connectivity index is 1.60. The molecule has 9 heteroatoms. The summed E-state index contributed by atoms with van der Waals surface area (Å²) in [5.74, 6) is 0.601. The van der Waals surface area contributed by atoms with Gasteiger partial charge in [0.05, 0.1) is 24.2 Å². The van der Waals surface area contributed by atoms with Gasteiger partial charge in [-0.25, -0.2) is 8.42 Å². The van der Waals surface area contributed by atoms with Gasteiger partial charge in [-0.2, -0.15) is 4.31 Å². The van der Waals surface area contributed by atoms with E-state index in [1.54, 1.807) is 19.1 Å². The Morgan fingerprint density at radius 3 is 2.41 bits per heavy atom. The number of hydrogen-bond donors (Lipinski definition) is 1. The minimum atomic E-state index is -3.66. The lowest BCUT2D eigenvalue weighted by atomic mass is 10.1. The third kappa shape index (κ3) is 6.56. The van der Waals surface area contributed by atoms with Crippen molar-refractivity contribution >= 4 is 21.6 Å². The van der Waals surface area contributed by atoms with Crippen molar-refractivity contribution in [2.24, 2.45) is 0 Å². The van der Waals surface area contributed by atoms with Crippen molar-refractivity contribution < 1.29 is 22.7 Å². The first-order valence-electron chi connectivity index (χ1n) is 11.5. The zero-order valence-corrected chi connectivity index (χ0v) is 21.4. The summed E-state index contributed by atoms with van der Waals surface area (Å²) < 4.78 is 38.8. The Labute approximate surface area is 202 Å². The van der Waals surface area contributed by atoms with Crippen molar-refractivity contribution in [3.63, 3.8) is 0 Å². The molecule has 1 aliphatic rings. The van der Waals surface area contributed by atoms with E-state index >= 15 is 0 Å². The van der Waals surface area contributed by atoms with Crippen molar-refractivity contribution in [3.05, 3.63) is 53.1 Å². The fourth-order valence-corrected chi connectivity index (χ4v) is 5.50. The van der Waals surface area contributed by atoms with Crippen LogP contribution in [0.15, 0.2) is 41.3 Å². The van der Waals surface area contributed by atoms with Crippen molar-refractivity contribution in [3.8, 4) is 5.75 Å². The Bertz CT molecular complexity index is 1090.